The molecule has 0 saturated carbocycles. The molecule has 112 valence electrons. The van der Waals surface area contributed by atoms with Crippen molar-refractivity contribution < 1.29 is 14.8 Å². The molecule has 2 N–H and O–H groups in total. The number of rotatable bonds is 3. The van der Waals surface area contributed by atoms with E-state index in [1.54, 1.807) is 24.3 Å². The second-order valence-electron chi connectivity index (χ2n) is 5.11. The van der Waals surface area contributed by atoms with Crippen molar-refractivity contribution in [3.05, 3.63) is 68.2 Å². The molecule has 0 saturated heterocycles. The number of aliphatic hydroxyl groups is 1. The Morgan fingerprint density at radius 3 is 2.77 bits per heavy atom. The molecule has 1 atom stereocenters. The van der Waals surface area contributed by atoms with Crippen molar-refractivity contribution in [2.45, 2.75) is 12.0 Å². The molecule has 1 heterocycles. The highest BCUT2D eigenvalue weighted by atomic mass is 79.9. The van der Waals surface area contributed by atoms with Gasteiger partial charge in [0.15, 0.2) is 5.60 Å². The van der Waals surface area contributed by atoms with Crippen LogP contribution in [0.25, 0.3) is 0 Å². The Bertz CT molecular complexity index is 793. The minimum Gasteiger partial charge on any atom is -0.375 e. The summed E-state index contributed by atoms with van der Waals surface area (Å²) in [6.45, 7) is 0. The van der Waals surface area contributed by atoms with Crippen LogP contribution in [0, 0.1) is 10.1 Å². The van der Waals surface area contributed by atoms with E-state index in [-0.39, 0.29) is 12.1 Å². The van der Waals surface area contributed by atoms with Gasteiger partial charge in [0.1, 0.15) is 0 Å². The number of nitrogens with one attached hydrogen (secondary N) is 1. The van der Waals surface area contributed by atoms with Crippen molar-refractivity contribution in [2.75, 3.05) is 5.32 Å². The Balaban J connectivity index is 2.01. The molecule has 0 unspecified atom stereocenters. The molecule has 1 aliphatic heterocycles. The van der Waals surface area contributed by atoms with Crippen LogP contribution in [-0.2, 0) is 16.8 Å². The van der Waals surface area contributed by atoms with Crippen LogP contribution in [0.1, 0.15) is 11.1 Å². The lowest BCUT2D eigenvalue weighted by atomic mass is 9.88. The van der Waals surface area contributed by atoms with Crippen molar-refractivity contribution in [1.29, 1.82) is 0 Å². The maximum absolute atomic E-state index is 12.2. The summed E-state index contributed by atoms with van der Waals surface area (Å²) in [6.07, 6.45) is -0.0377. The number of anilines is 1. The Hall–Kier alpha value is -2.25. The molecule has 0 bridgehead atoms. The maximum atomic E-state index is 12.2. The van der Waals surface area contributed by atoms with Crippen molar-refractivity contribution in [3.8, 4) is 0 Å². The fraction of sp³-hybridized carbons (Fsp3) is 0.133. The fourth-order valence-electron chi connectivity index (χ4n) is 2.57. The van der Waals surface area contributed by atoms with Gasteiger partial charge in [-0.05, 0) is 23.8 Å². The van der Waals surface area contributed by atoms with Crippen LogP contribution in [0.5, 0.6) is 0 Å². The molecule has 0 aliphatic carbocycles. The minimum absolute atomic E-state index is 0.0377. The summed E-state index contributed by atoms with van der Waals surface area (Å²) in [6, 6.07) is 11.0. The molecular formula is C15H11BrN2O4. The first-order chi connectivity index (χ1) is 10.4. The number of hydrogen-bond donors (Lipinski definition) is 2. The Morgan fingerprint density at radius 1 is 1.27 bits per heavy atom. The van der Waals surface area contributed by atoms with Gasteiger partial charge >= 0.3 is 0 Å². The Kier molecular flexibility index (Phi) is 3.46. The predicted molar refractivity (Wildman–Crippen MR) is 83.5 cm³/mol. The summed E-state index contributed by atoms with van der Waals surface area (Å²) in [5.74, 6) is -0.535. The summed E-state index contributed by atoms with van der Waals surface area (Å²) in [5.41, 5.74) is -0.304. The topological polar surface area (TPSA) is 92.5 Å². The van der Waals surface area contributed by atoms with Gasteiger partial charge in [0, 0.05) is 34.3 Å². The lowest BCUT2D eigenvalue weighted by Gasteiger charge is -2.21. The zero-order valence-electron chi connectivity index (χ0n) is 11.2. The molecule has 6 nitrogen and oxygen atoms in total. The highest BCUT2D eigenvalue weighted by molar-refractivity contribution is 9.10. The molecule has 0 spiro atoms. The van der Waals surface area contributed by atoms with E-state index in [2.05, 4.69) is 21.2 Å². The van der Waals surface area contributed by atoms with Crippen molar-refractivity contribution >= 4 is 33.2 Å². The number of fused-ring (bicyclic) bond motifs is 1. The van der Waals surface area contributed by atoms with Gasteiger partial charge in [0.2, 0.25) is 0 Å². The zero-order valence-corrected chi connectivity index (χ0v) is 12.8. The molecule has 2 aromatic rings. The van der Waals surface area contributed by atoms with Crippen LogP contribution in [0.15, 0.2) is 46.9 Å². The maximum Gasteiger partial charge on any atom is 0.269 e. The Morgan fingerprint density at radius 2 is 2.05 bits per heavy atom. The zero-order chi connectivity index (χ0) is 15.9. The van der Waals surface area contributed by atoms with Crippen LogP contribution in [0.3, 0.4) is 0 Å². The molecule has 2 aromatic carbocycles. The Labute approximate surface area is 134 Å². The SMILES string of the molecule is O=C1Nc2ccc(Br)cc2[C@]1(O)Cc1cccc([N+](=O)[O-])c1. The number of nitro groups is 1. The number of amides is 1. The van der Waals surface area contributed by atoms with E-state index in [4.69, 9.17) is 0 Å². The van der Waals surface area contributed by atoms with Gasteiger partial charge in [-0.15, -0.1) is 0 Å². The van der Waals surface area contributed by atoms with Crippen LogP contribution in [0.2, 0.25) is 0 Å². The predicted octanol–water partition coefficient (Wildman–Crippen LogP) is 2.74. The average molecular weight is 363 g/mol. The summed E-state index contributed by atoms with van der Waals surface area (Å²) >= 11 is 3.31. The van der Waals surface area contributed by atoms with Crippen LogP contribution >= 0.6 is 15.9 Å². The molecule has 22 heavy (non-hydrogen) atoms. The molecule has 1 amide bonds. The third-order valence-corrected chi connectivity index (χ3v) is 4.13. The molecule has 0 aromatic heterocycles. The van der Waals surface area contributed by atoms with E-state index in [9.17, 15) is 20.0 Å². The second kappa shape index (κ2) is 5.19. The number of non-ortho nitro benzene ring substituents is 1. The lowest BCUT2D eigenvalue weighted by Crippen LogP contribution is -2.36. The molecule has 1 aliphatic rings. The average Bonchev–Trinajstić information content (AvgIpc) is 2.71. The first-order valence-corrected chi connectivity index (χ1v) is 7.26. The van der Waals surface area contributed by atoms with Crippen LogP contribution < -0.4 is 5.32 Å². The number of benzene rings is 2. The molecule has 3 rings (SSSR count). The number of hydrogen-bond acceptors (Lipinski definition) is 4. The summed E-state index contributed by atoms with van der Waals surface area (Å²) in [5, 5.41) is 24.3. The summed E-state index contributed by atoms with van der Waals surface area (Å²) in [7, 11) is 0. The highest BCUT2D eigenvalue weighted by Crippen LogP contribution is 2.40. The van der Waals surface area contributed by atoms with Gasteiger partial charge in [0.25, 0.3) is 11.6 Å². The standard InChI is InChI=1S/C15H11BrN2O4/c16-10-4-5-13-12(7-10)15(20,14(19)17-13)8-9-2-1-3-11(6-9)18(21)22/h1-7,20H,8H2,(H,17,19)/t15-/m1/s1. The van der Waals surface area contributed by atoms with Gasteiger partial charge in [-0.25, -0.2) is 0 Å². The quantitative estimate of drug-likeness (QED) is 0.648. The van der Waals surface area contributed by atoms with Crippen molar-refractivity contribution in [2.24, 2.45) is 0 Å². The van der Waals surface area contributed by atoms with Crippen molar-refractivity contribution in [1.82, 2.24) is 0 Å². The second-order valence-corrected chi connectivity index (χ2v) is 6.02. The molecule has 0 radical (unpaired) electrons. The first kappa shape index (κ1) is 14.7. The smallest absolute Gasteiger partial charge is 0.269 e. The molecular weight excluding hydrogens is 352 g/mol. The molecule has 0 fully saturated rings. The summed E-state index contributed by atoms with van der Waals surface area (Å²) < 4.78 is 0.736. The van der Waals surface area contributed by atoms with E-state index in [0.717, 1.165) is 4.47 Å². The van der Waals surface area contributed by atoms with Crippen LogP contribution in [-0.4, -0.2) is 15.9 Å². The van der Waals surface area contributed by atoms with E-state index in [1.807, 2.05) is 0 Å². The van der Waals surface area contributed by atoms with Crippen LogP contribution in [0.4, 0.5) is 11.4 Å². The fourth-order valence-corrected chi connectivity index (χ4v) is 2.93. The lowest BCUT2D eigenvalue weighted by molar-refractivity contribution is -0.384. The largest absolute Gasteiger partial charge is 0.375 e. The third-order valence-electron chi connectivity index (χ3n) is 3.63. The van der Waals surface area contributed by atoms with Crippen molar-refractivity contribution in [3.63, 3.8) is 0 Å². The summed E-state index contributed by atoms with van der Waals surface area (Å²) in [4.78, 5) is 22.5. The van der Waals surface area contributed by atoms with Gasteiger partial charge in [0.05, 0.1) is 4.92 Å². The number of halogens is 1. The van der Waals surface area contributed by atoms with E-state index < -0.39 is 16.4 Å². The number of carbonyl (C=O) groups excluding carboxylic acids is 1. The van der Waals surface area contributed by atoms with Gasteiger partial charge < -0.3 is 10.4 Å². The normalized spacial score (nSPS) is 19.6. The highest BCUT2D eigenvalue weighted by Gasteiger charge is 2.45. The number of nitro benzene ring substituents is 1. The first-order valence-electron chi connectivity index (χ1n) is 6.47. The molecule has 7 heteroatoms. The number of carbonyl (C=O) groups is 1. The number of nitrogens with zero attached hydrogens (tertiary/aromatic N) is 1. The van der Waals surface area contributed by atoms with Gasteiger partial charge in [-0.2, -0.15) is 0 Å². The van der Waals surface area contributed by atoms with Gasteiger partial charge in [-0.3, -0.25) is 14.9 Å². The van der Waals surface area contributed by atoms with Gasteiger partial charge in [-0.1, -0.05) is 28.1 Å². The van der Waals surface area contributed by atoms with E-state index in [0.29, 0.717) is 16.8 Å². The minimum atomic E-state index is -1.74. The monoisotopic (exact) mass is 362 g/mol. The third kappa shape index (κ3) is 2.38. The van der Waals surface area contributed by atoms with E-state index in [1.165, 1.54) is 18.2 Å². The van der Waals surface area contributed by atoms with E-state index >= 15 is 0 Å².